The Kier molecular flexibility index (Phi) is 6.07. The van der Waals surface area contributed by atoms with Crippen LogP contribution in [0.3, 0.4) is 0 Å². The third-order valence-corrected chi connectivity index (χ3v) is 3.25. The molecule has 0 aliphatic carbocycles. The highest BCUT2D eigenvalue weighted by Gasteiger charge is 2.18. The summed E-state index contributed by atoms with van der Waals surface area (Å²) >= 11 is 0. The maximum atomic E-state index is 10.3. The summed E-state index contributed by atoms with van der Waals surface area (Å²) in [4.78, 5) is 4.41. The Morgan fingerprint density at radius 3 is 2.53 bits per heavy atom. The molecule has 1 aromatic rings. The molecule has 0 amide bonds. The summed E-state index contributed by atoms with van der Waals surface area (Å²) in [5.74, 6) is 0.368. The largest absolute Gasteiger partial charge is 0.507 e. The van der Waals surface area contributed by atoms with Crippen LogP contribution in [0.15, 0.2) is 23.2 Å². The average molecular weight is 261 g/mol. The van der Waals surface area contributed by atoms with E-state index >= 15 is 0 Å². The Hall–Kier alpha value is -1.31. The van der Waals surface area contributed by atoms with E-state index in [0.717, 1.165) is 24.1 Å². The highest BCUT2D eigenvalue weighted by atomic mass is 16.3. The molecule has 0 aromatic heterocycles. The molecule has 0 bridgehead atoms. The van der Waals surface area contributed by atoms with Crippen molar-refractivity contribution in [2.24, 2.45) is 4.99 Å². The summed E-state index contributed by atoms with van der Waals surface area (Å²) in [7, 11) is 0. The van der Waals surface area contributed by atoms with Crippen molar-refractivity contribution in [3.05, 3.63) is 29.3 Å². The van der Waals surface area contributed by atoms with Gasteiger partial charge in [0.1, 0.15) is 5.75 Å². The molecule has 1 rings (SSSR count). The molecule has 2 heteroatoms. The van der Waals surface area contributed by atoms with Gasteiger partial charge in [0.2, 0.25) is 0 Å². The minimum Gasteiger partial charge on any atom is -0.507 e. The first kappa shape index (κ1) is 15.7. The van der Waals surface area contributed by atoms with Gasteiger partial charge < -0.3 is 5.11 Å². The first-order chi connectivity index (χ1) is 8.96. The highest BCUT2D eigenvalue weighted by Crippen LogP contribution is 2.32. The summed E-state index contributed by atoms with van der Waals surface area (Å²) in [6, 6.07) is 5.88. The van der Waals surface area contributed by atoms with Gasteiger partial charge in [-0.1, -0.05) is 59.1 Å². The van der Waals surface area contributed by atoms with Crippen LogP contribution in [0, 0.1) is 0 Å². The number of rotatable bonds is 6. The van der Waals surface area contributed by atoms with Crippen LogP contribution in [0.1, 0.15) is 64.5 Å². The lowest BCUT2D eigenvalue weighted by molar-refractivity contribution is 0.446. The van der Waals surface area contributed by atoms with E-state index in [0.29, 0.717) is 5.75 Å². The molecular weight excluding hydrogens is 234 g/mol. The Morgan fingerprint density at radius 1 is 1.16 bits per heavy atom. The zero-order chi connectivity index (χ0) is 14.3. The van der Waals surface area contributed by atoms with E-state index in [1.54, 1.807) is 6.21 Å². The third kappa shape index (κ3) is 5.06. The lowest BCUT2D eigenvalue weighted by Crippen LogP contribution is -2.11. The minimum absolute atomic E-state index is 0.0466. The van der Waals surface area contributed by atoms with E-state index in [4.69, 9.17) is 0 Å². The zero-order valence-electron chi connectivity index (χ0n) is 12.7. The fourth-order valence-corrected chi connectivity index (χ4v) is 2.06. The summed E-state index contributed by atoms with van der Waals surface area (Å²) in [6.45, 7) is 9.37. The molecule has 0 saturated heterocycles. The molecule has 0 aliphatic rings. The van der Waals surface area contributed by atoms with Crippen molar-refractivity contribution in [1.82, 2.24) is 0 Å². The number of benzene rings is 1. The van der Waals surface area contributed by atoms with Gasteiger partial charge in [0, 0.05) is 18.3 Å². The molecule has 19 heavy (non-hydrogen) atoms. The Labute approximate surface area is 117 Å². The van der Waals surface area contributed by atoms with Crippen molar-refractivity contribution >= 4 is 6.21 Å². The second kappa shape index (κ2) is 7.32. The lowest BCUT2D eigenvalue weighted by atomic mass is 9.85. The number of nitrogens with zero attached hydrogens (tertiary/aromatic N) is 1. The number of unbranched alkanes of at least 4 members (excludes halogenated alkanes) is 3. The van der Waals surface area contributed by atoms with Crippen molar-refractivity contribution in [3.8, 4) is 5.75 Å². The number of aromatic hydroxyl groups is 1. The van der Waals surface area contributed by atoms with Gasteiger partial charge >= 0.3 is 0 Å². The zero-order valence-corrected chi connectivity index (χ0v) is 12.7. The SMILES string of the molecule is CCCCCCN=Cc1cccc(C(C)(C)C)c1O. The molecule has 0 atom stereocenters. The summed E-state index contributed by atoms with van der Waals surface area (Å²) in [5.41, 5.74) is 1.75. The van der Waals surface area contributed by atoms with E-state index in [2.05, 4.69) is 32.7 Å². The average Bonchev–Trinajstić information content (AvgIpc) is 2.34. The summed E-state index contributed by atoms with van der Waals surface area (Å²) in [5, 5.41) is 10.3. The fourth-order valence-electron chi connectivity index (χ4n) is 2.06. The standard InChI is InChI=1S/C17H27NO/c1-5-6-7-8-12-18-13-14-10-9-11-15(16(14)19)17(2,3)4/h9-11,13,19H,5-8,12H2,1-4H3. The molecule has 0 aliphatic heterocycles. The van der Waals surface area contributed by atoms with Crippen molar-refractivity contribution in [2.75, 3.05) is 6.54 Å². The maximum Gasteiger partial charge on any atom is 0.128 e. The normalized spacial score (nSPS) is 12.2. The van der Waals surface area contributed by atoms with Crippen LogP contribution in [0.4, 0.5) is 0 Å². The molecule has 0 heterocycles. The first-order valence-electron chi connectivity index (χ1n) is 7.29. The third-order valence-electron chi connectivity index (χ3n) is 3.25. The molecule has 0 radical (unpaired) electrons. The van der Waals surface area contributed by atoms with Gasteiger partial charge in [-0.2, -0.15) is 0 Å². The van der Waals surface area contributed by atoms with Crippen molar-refractivity contribution < 1.29 is 5.11 Å². The van der Waals surface area contributed by atoms with Gasteiger partial charge in [-0.3, -0.25) is 4.99 Å². The van der Waals surface area contributed by atoms with Crippen LogP contribution in [0.25, 0.3) is 0 Å². The van der Waals surface area contributed by atoms with Crippen LogP contribution < -0.4 is 0 Å². The van der Waals surface area contributed by atoms with Crippen molar-refractivity contribution in [1.29, 1.82) is 0 Å². The second-order valence-corrected chi connectivity index (χ2v) is 6.09. The number of phenolic OH excluding ortho intramolecular Hbond substituents is 1. The van der Waals surface area contributed by atoms with Gasteiger partial charge in [0.15, 0.2) is 0 Å². The minimum atomic E-state index is -0.0466. The van der Waals surface area contributed by atoms with Gasteiger partial charge in [0.05, 0.1) is 0 Å². The van der Waals surface area contributed by atoms with E-state index in [9.17, 15) is 5.11 Å². The van der Waals surface area contributed by atoms with Gasteiger partial charge in [-0.05, 0) is 23.5 Å². The number of hydrogen-bond donors (Lipinski definition) is 1. The molecule has 0 saturated carbocycles. The van der Waals surface area contributed by atoms with Gasteiger partial charge in [0.25, 0.3) is 0 Å². The smallest absolute Gasteiger partial charge is 0.128 e. The predicted molar refractivity (Wildman–Crippen MR) is 83.4 cm³/mol. The highest BCUT2D eigenvalue weighted by molar-refractivity contribution is 5.84. The predicted octanol–water partition coefficient (Wildman–Crippen LogP) is 4.69. The summed E-state index contributed by atoms with van der Waals surface area (Å²) in [6.07, 6.45) is 6.70. The Morgan fingerprint density at radius 2 is 1.89 bits per heavy atom. The van der Waals surface area contributed by atoms with Crippen LogP contribution >= 0.6 is 0 Å². The van der Waals surface area contributed by atoms with E-state index in [-0.39, 0.29) is 5.41 Å². The molecule has 1 N–H and O–H groups in total. The first-order valence-corrected chi connectivity index (χ1v) is 7.29. The number of hydrogen-bond acceptors (Lipinski definition) is 2. The van der Waals surface area contributed by atoms with E-state index in [1.165, 1.54) is 19.3 Å². The maximum absolute atomic E-state index is 10.3. The lowest BCUT2D eigenvalue weighted by Gasteiger charge is -2.21. The monoisotopic (exact) mass is 261 g/mol. The number of aliphatic imine (C=N–C) groups is 1. The molecule has 1 aromatic carbocycles. The molecule has 2 nitrogen and oxygen atoms in total. The summed E-state index contributed by atoms with van der Waals surface area (Å²) < 4.78 is 0. The number of phenols is 1. The Balaban J connectivity index is 2.67. The molecule has 106 valence electrons. The van der Waals surface area contributed by atoms with Crippen LogP contribution in [0.2, 0.25) is 0 Å². The molecule has 0 spiro atoms. The van der Waals surface area contributed by atoms with Crippen LogP contribution in [0.5, 0.6) is 5.75 Å². The second-order valence-electron chi connectivity index (χ2n) is 6.09. The van der Waals surface area contributed by atoms with Crippen LogP contribution in [-0.2, 0) is 5.41 Å². The van der Waals surface area contributed by atoms with Crippen LogP contribution in [-0.4, -0.2) is 17.9 Å². The Bertz CT molecular complexity index is 416. The van der Waals surface area contributed by atoms with Gasteiger partial charge in [-0.25, -0.2) is 0 Å². The van der Waals surface area contributed by atoms with Crippen molar-refractivity contribution in [3.63, 3.8) is 0 Å². The fraction of sp³-hybridized carbons (Fsp3) is 0.588. The van der Waals surface area contributed by atoms with Gasteiger partial charge in [-0.15, -0.1) is 0 Å². The topological polar surface area (TPSA) is 32.6 Å². The molecule has 0 unspecified atom stereocenters. The molecule has 0 fully saturated rings. The molecular formula is C17H27NO. The van der Waals surface area contributed by atoms with Crippen molar-refractivity contribution in [2.45, 2.75) is 58.8 Å². The van der Waals surface area contributed by atoms with E-state index < -0.39 is 0 Å². The number of para-hydroxylation sites is 1. The quantitative estimate of drug-likeness (QED) is 0.585. The van der Waals surface area contributed by atoms with E-state index in [1.807, 2.05) is 18.2 Å².